The van der Waals surface area contributed by atoms with Gasteiger partial charge in [0.25, 0.3) is 0 Å². The third-order valence-electron chi connectivity index (χ3n) is 5.69. The molecule has 2 fully saturated rings. The Morgan fingerprint density at radius 2 is 2.33 bits per heavy atom. The molecule has 2 atom stereocenters. The first-order valence-electron chi connectivity index (χ1n) is 8.79. The summed E-state index contributed by atoms with van der Waals surface area (Å²) in [5, 5.41) is 6.62. The highest BCUT2D eigenvalue weighted by molar-refractivity contribution is 5.96. The molecule has 4 rings (SSSR count). The highest BCUT2D eigenvalue weighted by Gasteiger charge is 2.49. The van der Waals surface area contributed by atoms with Gasteiger partial charge in [-0.3, -0.25) is 4.79 Å². The number of nitrogens with one attached hydrogen (secondary N) is 2. The van der Waals surface area contributed by atoms with E-state index in [9.17, 15) is 4.79 Å². The van der Waals surface area contributed by atoms with Crippen molar-refractivity contribution >= 4 is 11.6 Å². The number of benzene rings is 1. The van der Waals surface area contributed by atoms with Crippen LogP contribution >= 0.6 is 0 Å². The molecule has 0 spiro atoms. The largest absolute Gasteiger partial charge is 0.334 e. The van der Waals surface area contributed by atoms with Gasteiger partial charge in [-0.15, -0.1) is 0 Å². The number of carbonyl (C=O) groups excluding carboxylic acids is 1. The lowest BCUT2D eigenvalue weighted by molar-refractivity contribution is -0.128. The van der Waals surface area contributed by atoms with Gasteiger partial charge in [0.1, 0.15) is 5.82 Å². The summed E-state index contributed by atoms with van der Waals surface area (Å²) in [6.07, 6.45) is 8.27. The van der Waals surface area contributed by atoms with Gasteiger partial charge in [0, 0.05) is 37.2 Å². The fraction of sp³-hybridized carbons (Fsp3) is 0.474. The number of fused-ring (bicyclic) bond motifs is 1. The molecule has 1 aromatic carbocycles. The average Bonchev–Trinajstić information content (AvgIpc) is 3.21. The van der Waals surface area contributed by atoms with Crippen molar-refractivity contribution in [2.24, 2.45) is 18.4 Å². The molecule has 1 saturated heterocycles. The normalized spacial score (nSPS) is 26.1. The van der Waals surface area contributed by atoms with Gasteiger partial charge in [0.2, 0.25) is 5.91 Å². The van der Waals surface area contributed by atoms with Crippen LogP contribution in [0.25, 0.3) is 11.4 Å². The van der Waals surface area contributed by atoms with Crippen molar-refractivity contribution in [2.45, 2.75) is 25.7 Å². The lowest BCUT2D eigenvalue weighted by Gasteiger charge is -2.37. The maximum atomic E-state index is 13.1. The van der Waals surface area contributed by atoms with E-state index in [2.05, 4.69) is 15.6 Å². The molecule has 1 aromatic heterocycles. The van der Waals surface area contributed by atoms with Crippen molar-refractivity contribution in [3.05, 3.63) is 36.7 Å². The number of nitrogens with zero attached hydrogens (tertiary/aromatic N) is 2. The Morgan fingerprint density at radius 1 is 1.42 bits per heavy atom. The maximum absolute atomic E-state index is 13.1. The van der Waals surface area contributed by atoms with E-state index in [1.807, 2.05) is 42.1 Å². The van der Waals surface area contributed by atoms with Crippen LogP contribution in [0.15, 0.2) is 36.7 Å². The number of imidazole rings is 1. The Morgan fingerprint density at radius 3 is 3.17 bits per heavy atom. The quantitative estimate of drug-likeness (QED) is 0.913. The first-order valence-corrected chi connectivity index (χ1v) is 8.79. The molecule has 1 saturated carbocycles. The summed E-state index contributed by atoms with van der Waals surface area (Å²) in [6.45, 7) is 1.78. The highest BCUT2D eigenvalue weighted by Crippen LogP contribution is 2.44. The number of carbonyl (C=O) groups is 1. The van der Waals surface area contributed by atoms with Gasteiger partial charge in [0.05, 0.1) is 5.41 Å². The first kappa shape index (κ1) is 15.4. The number of rotatable bonds is 3. The Bertz CT molecular complexity index is 753. The van der Waals surface area contributed by atoms with Crippen molar-refractivity contribution in [1.82, 2.24) is 14.9 Å². The summed E-state index contributed by atoms with van der Waals surface area (Å²) in [5.41, 5.74) is 1.64. The Hall–Kier alpha value is -2.14. The summed E-state index contributed by atoms with van der Waals surface area (Å²) in [4.78, 5) is 17.5. The molecule has 0 radical (unpaired) electrons. The Kier molecular flexibility index (Phi) is 3.88. The SMILES string of the molecule is Cn1ccnc1-c1cccc(NC(=O)[C@@]23CCCC[C@H]2CNC3)c1. The highest BCUT2D eigenvalue weighted by atomic mass is 16.2. The fourth-order valence-corrected chi connectivity index (χ4v) is 4.33. The maximum Gasteiger partial charge on any atom is 0.232 e. The predicted octanol–water partition coefficient (Wildman–Crippen LogP) is 2.81. The number of anilines is 1. The fourth-order valence-electron chi connectivity index (χ4n) is 4.33. The molecular formula is C19H24N4O. The molecule has 2 aromatic rings. The molecule has 24 heavy (non-hydrogen) atoms. The van der Waals surface area contributed by atoms with Crippen LogP contribution in [0.2, 0.25) is 0 Å². The first-order chi connectivity index (χ1) is 11.7. The van der Waals surface area contributed by atoms with E-state index < -0.39 is 0 Å². The van der Waals surface area contributed by atoms with Gasteiger partial charge in [0.15, 0.2) is 0 Å². The molecule has 2 N–H and O–H groups in total. The molecule has 2 heterocycles. The van der Waals surface area contributed by atoms with E-state index in [0.717, 1.165) is 49.4 Å². The zero-order valence-electron chi connectivity index (χ0n) is 14.1. The Balaban J connectivity index is 1.57. The third kappa shape index (κ3) is 2.53. The van der Waals surface area contributed by atoms with E-state index >= 15 is 0 Å². The topological polar surface area (TPSA) is 59.0 Å². The van der Waals surface area contributed by atoms with Gasteiger partial charge in [-0.05, 0) is 37.4 Å². The van der Waals surface area contributed by atoms with Gasteiger partial charge >= 0.3 is 0 Å². The average molecular weight is 324 g/mol. The van der Waals surface area contributed by atoms with Crippen molar-refractivity contribution in [3.8, 4) is 11.4 Å². The van der Waals surface area contributed by atoms with E-state index in [0.29, 0.717) is 5.92 Å². The number of aryl methyl sites for hydroxylation is 1. The minimum Gasteiger partial charge on any atom is -0.334 e. The van der Waals surface area contributed by atoms with Crippen LogP contribution in [0, 0.1) is 11.3 Å². The lowest BCUT2D eigenvalue weighted by Crippen LogP contribution is -2.44. The molecule has 0 bridgehead atoms. The van der Waals surface area contributed by atoms with Crippen molar-refractivity contribution in [2.75, 3.05) is 18.4 Å². The second kappa shape index (κ2) is 6.06. The van der Waals surface area contributed by atoms with Crippen LogP contribution in [0.1, 0.15) is 25.7 Å². The van der Waals surface area contributed by atoms with Crippen LogP contribution in [-0.4, -0.2) is 28.5 Å². The molecule has 1 amide bonds. The second-order valence-corrected chi connectivity index (χ2v) is 7.13. The Labute approximate surface area is 142 Å². The molecular weight excluding hydrogens is 300 g/mol. The van der Waals surface area contributed by atoms with E-state index in [4.69, 9.17) is 0 Å². The molecule has 126 valence electrons. The van der Waals surface area contributed by atoms with Crippen LogP contribution < -0.4 is 10.6 Å². The van der Waals surface area contributed by atoms with Crippen molar-refractivity contribution in [3.63, 3.8) is 0 Å². The van der Waals surface area contributed by atoms with Crippen LogP contribution in [0.5, 0.6) is 0 Å². The number of aromatic nitrogens is 2. The number of amides is 1. The number of hydrogen-bond donors (Lipinski definition) is 2. The summed E-state index contributed by atoms with van der Waals surface area (Å²) in [5.74, 6) is 1.56. The van der Waals surface area contributed by atoms with Gasteiger partial charge in [-0.2, -0.15) is 0 Å². The molecule has 0 unspecified atom stereocenters. The molecule has 5 nitrogen and oxygen atoms in total. The zero-order valence-corrected chi connectivity index (χ0v) is 14.1. The smallest absolute Gasteiger partial charge is 0.232 e. The zero-order chi connectivity index (χ0) is 16.6. The van der Waals surface area contributed by atoms with E-state index in [-0.39, 0.29) is 11.3 Å². The minimum atomic E-state index is -0.225. The third-order valence-corrected chi connectivity index (χ3v) is 5.69. The van der Waals surface area contributed by atoms with Crippen molar-refractivity contribution < 1.29 is 4.79 Å². The van der Waals surface area contributed by atoms with Gasteiger partial charge in [-0.1, -0.05) is 25.0 Å². The van der Waals surface area contributed by atoms with Crippen LogP contribution in [-0.2, 0) is 11.8 Å². The number of hydrogen-bond acceptors (Lipinski definition) is 3. The molecule has 1 aliphatic heterocycles. The van der Waals surface area contributed by atoms with E-state index in [1.54, 1.807) is 6.20 Å². The summed E-state index contributed by atoms with van der Waals surface area (Å²) >= 11 is 0. The van der Waals surface area contributed by atoms with Crippen LogP contribution in [0.3, 0.4) is 0 Å². The summed E-state index contributed by atoms with van der Waals surface area (Å²) in [6, 6.07) is 7.97. The molecule has 1 aliphatic carbocycles. The molecule has 5 heteroatoms. The summed E-state index contributed by atoms with van der Waals surface area (Å²) < 4.78 is 1.98. The van der Waals surface area contributed by atoms with Crippen LogP contribution in [0.4, 0.5) is 5.69 Å². The standard InChI is InChI=1S/C19H24N4O/c1-23-10-9-21-17(23)14-5-4-7-16(11-14)22-18(24)19-8-3-2-6-15(19)12-20-13-19/h4-5,7,9-11,15,20H,2-3,6,8,12-13H2,1H3,(H,22,24)/t15-,19+/m0/s1. The summed E-state index contributed by atoms with van der Waals surface area (Å²) in [7, 11) is 1.98. The van der Waals surface area contributed by atoms with Gasteiger partial charge in [-0.25, -0.2) is 4.98 Å². The van der Waals surface area contributed by atoms with E-state index in [1.165, 1.54) is 6.42 Å². The van der Waals surface area contributed by atoms with Crippen molar-refractivity contribution in [1.29, 1.82) is 0 Å². The predicted molar refractivity (Wildman–Crippen MR) is 94.5 cm³/mol. The second-order valence-electron chi connectivity index (χ2n) is 7.13. The monoisotopic (exact) mass is 324 g/mol. The van der Waals surface area contributed by atoms with Gasteiger partial charge < -0.3 is 15.2 Å². The lowest BCUT2D eigenvalue weighted by atomic mass is 9.67. The minimum absolute atomic E-state index is 0.175. The molecule has 2 aliphatic rings.